The fourth-order valence-electron chi connectivity index (χ4n) is 3.60. The molecule has 1 amide bonds. The van der Waals surface area contributed by atoms with Crippen molar-refractivity contribution in [2.75, 3.05) is 11.5 Å². The molecule has 1 aliphatic rings. The molecular formula is C22H21N3O3. The van der Waals surface area contributed by atoms with Crippen molar-refractivity contribution in [1.82, 2.24) is 10.2 Å². The maximum absolute atomic E-state index is 13.1. The van der Waals surface area contributed by atoms with E-state index in [1.54, 1.807) is 36.1 Å². The molecule has 0 aliphatic carbocycles. The quantitative estimate of drug-likeness (QED) is 0.701. The van der Waals surface area contributed by atoms with Gasteiger partial charge < -0.3 is 4.74 Å². The number of hydrogen-bond donors (Lipinski definition) is 1. The third-order valence-corrected chi connectivity index (χ3v) is 5.00. The van der Waals surface area contributed by atoms with Gasteiger partial charge in [0.15, 0.2) is 5.69 Å². The molecule has 1 aliphatic heterocycles. The van der Waals surface area contributed by atoms with Crippen LogP contribution in [0.2, 0.25) is 0 Å². The minimum Gasteiger partial charge on any atom is -0.462 e. The lowest BCUT2D eigenvalue weighted by molar-refractivity contribution is 0.0526. The third-order valence-electron chi connectivity index (χ3n) is 5.00. The molecule has 0 spiro atoms. The van der Waals surface area contributed by atoms with Gasteiger partial charge in [-0.15, -0.1) is 0 Å². The normalized spacial score (nSPS) is 15.6. The highest BCUT2D eigenvalue weighted by Crippen LogP contribution is 2.42. The minimum atomic E-state index is -0.374. The number of ether oxygens (including phenoxy) is 1. The lowest BCUT2D eigenvalue weighted by Crippen LogP contribution is -2.29. The average Bonchev–Trinajstić information content (AvgIpc) is 3.21. The Morgan fingerprint density at radius 2 is 1.79 bits per heavy atom. The first-order chi connectivity index (χ1) is 13.5. The Morgan fingerprint density at radius 3 is 2.43 bits per heavy atom. The molecule has 1 aromatic heterocycles. The highest BCUT2D eigenvalue weighted by molar-refractivity contribution is 6.10. The van der Waals surface area contributed by atoms with Crippen LogP contribution in [0.1, 0.15) is 56.2 Å². The van der Waals surface area contributed by atoms with Crippen LogP contribution in [0.5, 0.6) is 0 Å². The molecule has 142 valence electrons. The molecular weight excluding hydrogens is 354 g/mol. The van der Waals surface area contributed by atoms with E-state index in [1.165, 1.54) is 0 Å². The van der Waals surface area contributed by atoms with E-state index in [1.807, 2.05) is 38.1 Å². The molecule has 6 heteroatoms. The molecule has 1 N–H and O–H groups in total. The number of hydrogen-bond acceptors (Lipinski definition) is 4. The number of aryl methyl sites for hydroxylation is 2. The van der Waals surface area contributed by atoms with Crippen molar-refractivity contribution in [1.29, 1.82) is 0 Å². The maximum atomic E-state index is 13.1. The van der Waals surface area contributed by atoms with E-state index in [0.29, 0.717) is 23.6 Å². The predicted octanol–water partition coefficient (Wildman–Crippen LogP) is 3.95. The number of nitrogens with zero attached hydrogens (tertiary/aromatic N) is 2. The van der Waals surface area contributed by atoms with E-state index >= 15 is 0 Å². The van der Waals surface area contributed by atoms with Gasteiger partial charge in [-0.2, -0.15) is 5.10 Å². The Morgan fingerprint density at radius 1 is 1.11 bits per heavy atom. The van der Waals surface area contributed by atoms with E-state index < -0.39 is 0 Å². The largest absolute Gasteiger partial charge is 0.462 e. The van der Waals surface area contributed by atoms with Crippen molar-refractivity contribution >= 4 is 17.6 Å². The van der Waals surface area contributed by atoms with Crippen molar-refractivity contribution in [2.45, 2.75) is 26.8 Å². The minimum absolute atomic E-state index is 0.159. The van der Waals surface area contributed by atoms with Gasteiger partial charge in [-0.05, 0) is 50.6 Å². The number of rotatable bonds is 4. The SMILES string of the molecule is CCOC(=O)c1ccc(N2C(=O)c3n[nH]c(C)c3[C@@H]2c2ccc(C)cc2)cc1. The summed E-state index contributed by atoms with van der Waals surface area (Å²) in [5.41, 5.74) is 5.54. The van der Waals surface area contributed by atoms with E-state index in [0.717, 1.165) is 22.4 Å². The zero-order valence-electron chi connectivity index (χ0n) is 16.0. The van der Waals surface area contributed by atoms with Crippen LogP contribution >= 0.6 is 0 Å². The molecule has 2 heterocycles. The monoisotopic (exact) mass is 375 g/mol. The molecule has 0 bridgehead atoms. The molecule has 0 unspecified atom stereocenters. The van der Waals surface area contributed by atoms with Gasteiger partial charge in [-0.25, -0.2) is 4.79 Å². The smallest absolute Gasteiger partial charge is 0.338 e. The van der Waals surface area contributed by atoms with Crippen LogP contribution in [0.4, 0.5) is 5.69 Å². The predicted molar refractivity (Wildman–Crippen MR) is 106 cm³/mol. The van der Waals surface area contributed by atoms with E-state index in [9.17, 15) is 9.59 Å². The summed E-state index contributed by atoms with van der Waals surface area (Å²) in [5, 5.41) is 7.16. The van der Waals surface area contributed by atoms with Crippen molar-refractivity contribution in [3.63, 3.8) is 0 Å². The van der Waals surface area contributed by atoms with Crippen molar-refractivity contribution in [3.05, 3.63) is 82.2 Å². The Kier molecular flexibility index (Phi) is 4.47. The number of carbonyl (C=O) groups is 2. The Hall–Kier alpha value is -3.41. The molecule has 4 rings (SSSR count). The van der Waals surface area contributed by atoms with Crippen LogP contribution < -0.4 is 4.90 Å². The number of amides is 1. The van der Waals surface area contributed by atoms with Crippen LogP contribution in [0.3, 0.4) is 0 Å². The zero-order chi connectivity index (χ0) is 19.8. The van der Waals surface area contributed by atoms with E-state index in [2.05, 4.69) is 10.2 Å². The second-order valence-electron chi connectivity index (χ2n) is 6.87. The Labute approximate surface area is 163 Å². The molecule has 28 heavy (non-hydrogen) atoms. The highest BCUT2D eigenvalue weighted by atomic mass is 16.5. The molecule has 0 saturated carbocycles. The molecule has 0 radical (unpaired) electrons. The molecule has 2 aromatic carbocycles. The summed E-state index contributed by atoms with van der Waals surface area (Å²) in [7, 11) is 0. The van der Waals surface area contributed by atoms with Gasteiger partial charge in [0, 0.05) is 16.9 Å². The number of aromatic nitrogens is 2. The zero-order valence-corrected chi connectivity index (χ0v) is 16.0. The van der Waals surface area contributed by atoms with Crippen LogP contribution in [-0.2, 0) is 4.74 Å². The van der Waals surface area contributed by atoms with Gasteiger partial charge in [0.1, 0.15) is 0 Å². The van der Waals surface area contributed by atoms with Crippen LogP contribution in [-0.4, -0.2) is 28.7 Å². The van der Waals surface area contributed by atoms with Gasteiger partial charge in [0.05, 0.1) is 18.2 Å². The second-order valence-corrected chi connectivity index (χ2v) is 6.87. The molecule has 0 fully saturated rings. The number of esters is 1. The van der Waals surface area contributed by atoms with E-state index in [-0.39, 0.29) is 17.9 Å². The van der Waals surface area contributed by atoms with Crippen LogP contribution in [0.15, 0.2) is 48.5 Å². The fourth-order valence-corrected chi connectivity index (χ4v) is 3.60. The first kappa shape index (κ1) is 18.0. The molecule has 0 saturated heterocycles. The lowest BCUT2D eigenvalue weighted by atomic mass is 9.98. The van der Waals surface area contributed by atoms with E-state index in [4.69, 9.17) is 4.74 Å². The summed E-state index contributed by atoms with van der Waals surface area (Å²) in [6.45, 7) is 6.05. The standard InChI is InChI=1S/C22H21N3O3/c1-4-28-22(27)16-9-11-17(12-10-16)25-20(15-7-5-13(2)6-8-15)18-14(3)23-24-19(18)21(25)26/h5-12,20H,4H2,1-3H3,(H,23,24)/t20-/m0/s1. The second kappa shape index (κ2) is 6.96. The fraction of sp³-hybridized carbons (Fsp3) is 0.227. The summed E-state index contributed by atoms with van der Waals surface area (Å²) in [6, 6.07) is 14.8. The topological polar surface area (TPSA) is 75.3 Å². The molecule has 1 atom stereocenters. The summed E-state index contributed by atoms with van der Waals surface area (Å²) in [6.07, 6.45) is 0. The first-order valence-electron chi connectivity index (χ1n) is 9.23. The summed E-state index contributed by atoms with van der Waals surface area (Å²) >= 11 is 0. The highest BCUT2D eigenvalue weighted by Gasteiger charge is 2.42. The maximum Gasteiger partial charge on any atom is 0.338 e. The van der Waals surface area contributed by atoms with Gasteiger partial charge in [-0.3, -0.25) is 14.8 Å². The number of H-pyrrole nitrogens is 1. The summed E-state index contributed by atoms with van der Waals surface area (Å²) < 4.78 is 5.04. The van der Waals surface area contributed by atoms with Gasteiger partial charge in [-0.1, -0.05) is 29.8 Å². The van der Waals surface area contributed by atoms with Gasteiger partial charge in [0.2, 0.25) is 0 Å². The number of anilines is 1. The van der Waals surface area contributed by atoms with Crippen LogP contribution in [0, 0.1) is 13.8 Å². The summed E-state index contributed by atoms with van der Waals surface area (Å²) in [4.78, 5) is 26.8. The van der Waals surface area contributed by atoms with Crippen molar-refractivity contribution in [2.24, 2.45) is 0 Å². The Balaban J connectivity index is 1.77. The number of nitrogens with one attached hydrogen (secondary N) is 1. The molecule has 6 nitrogen and oxygen atoms in total. The first-order valence-corrected chi connectivity index (χ1v) is 9.23. The lowest BCUT2D eigenvalue weighted by Gasteiger charge is -2.26. The Bertz CT molecular complexity index is 1040. The average molecular weight is 375 g/mol. The number of aromatic amines is 1. The number of carbonyl (C=O) groups excluding carboxylic acids is 2. The third kappa shape index (κ3) is 2.87. The summed E-state index contributed by atoms with van der Waals surface area (Å²) in [5.74, 6) is -0.533. The van der Waals surface area contributed by atoms with Gasteiger partial charge >= 0.3 is 5.97 Å². The van der Waals surface area contributed by atoms with Crippen LogP contribution in [0.25, 0.3) is 0 Å². The molecule has 3 aromatic rings. The van der Waals surface area contributed by atoms with Gasteiger partial charge in [0.25, 0.3) is 5.91 Å². The van der Waals surface area contributed by atoms with Crippen molar-refractivity contribution in [3.8, 4) is 0 Å². The number of benzene rings is 2. The van der Waals surface area contributed by atoms with Crippen molar-refractivity contribution < 1.29 is 14.3 Å². The number of fused-ring (bicyclic) bond motifs is 1.